The van der Waals surface area contributed by atoms with Gasteiger partial charge in [0.2, 0.25) is 0 Å². The van der Waals surface area contributed by atoms with Crippen LogP contribution < -0.4 is 24.4 Å². The molecule has 1 amide bonds. The fourth-order valence-electron chi connectivity index (χ4n) is 2.18. The Morgan fingerprint density at radius 2 is 1.62 bits per heavy atom. The predicted octanol–water partition coefficient (Wildman–Crippen LogP) is 3.09. The maximum Gasteiger partial charge on any atom is 0.271 e. The van der Waals surface area contributed by atoms with Gasteiger partial charge in [0.25, 0.3) is 5.91 Å². The van der Waals surface area contributed by atoms with Gasteiger partial charge in [-0.15, -0.1) is 0 Å². The van der Waals surface area contributed by atoms with Crippen LogP contribution in [0.3, 0.4) is 0 Å². The van der Waals surface area contributed by atoms with E-state index in [-0.39, 0.29) is 5.91 Å². The van der Waals surface area contributed by atoms with Crippen LogP contribution >= 0.6 is 22.6 Å². The zero-order valence-corrected chi connectivity index (χ0v) is 17.0. The van der Waals surface area contributed by atoms with Crippen molar-refractivity contribution in [3.8, 4) is 23.0 Å². The second-order valence-electron chi connectivity index (χ2n) is 5.04. The smallest absolute Gasteiger partial charge is 0.271 e. The van der Waals surface area contributed by atoms with Gasteiger partial charge in [0.15, 0.2) is 11.5 Å². The quantitative estimate of drug-likeness (QED) is 0.383. The molecule has 138 valence electrons. The number of rotatable bonds is 7. The van der Waals surface area contributed by atoms with E-state index in [1.807, 2.05) is 6.07 Å². The molecule has 0 atom stereocenters. The minimum Gasteiger partial charge on any atom is -0.497 e. The Bertz CT molecular complexity index is 801. The summed E-state index contributed by atoms with van der Waals surface area (Å²) in [6.45, 7) is 0. The van der Waals surface area contributed by atoms with Gasteiger partial charge < -0.3 is 18.9 Å². The molecule has 0 aliphatic rings. The van der Waals surface area contributed by atoms with E-state index in [4.69, 9.17) is 18.9 Å². The van der Waals surface area contributed by atoms with Crippen molar-refractivity contribution in [3.05, 3.63) is 45.0 Å². The molecule has 26 heavy (non-hydrogen) atoms. The first kappa shape index (κ1) is 19.8. The number of carbonyl (C=O) groups is 1. The van der Waals surface area contributed by atoms with Crippen molar-refractivity contribution >= 4 is 34.7 Å². The van der Waals surface area contributed by atoms with Gasteiger partial charge in [-0.05, 0) is 52.4 Å². The molecule has 0 saturated carbocycles. The van der Waals surface area contributed by atoms with Crippen molar-refractivity contribution in [2.75, 3.05) is 28.4 Å². The molecular weight excluding hydrogens is 451 g/mol. The van der Waals surface area contributed by atoms with Crippen molar-refractivity contribution in [1.29, 1.82) is 0 Å². The Balaban J connectivity index is 2.16. The Hall–Kier alpha value is -2.49. The molecule has 8 heteroatoms. The number of halogens is 1. The lowest BCUT2D eigenvalue weighted by molar-refractivity contribution is 0.0954. The Morgan fingerprint density at radius 3 is 2.15 bits per heavy atom. The van der Waals surface area contributed by atoms with Crippen LogP contribution in [0.4, 0.5) is 0 Å². The molecule has 0 aliphatic heterocycles. The first-order valence-electron chi connectivity index (χ1n) is 7.50. The third-order valence-electron chi connectivity index (χ3n) is 3.45. The lowest BCUT2D eigenvalue weighted by Crippen LogP contribution is -2.17. The topological polar surface area (TPSA) is 78.4 Å². The summed E-state index contributed by atoms with van der Waals surface area (Å²) in [4.78, 5) is 12.3. The number of ether oxygens (including phenoxy) is 4. The van der Waals surface area contributed by atoms with E-state index in [2.05, 4.69) is 33.1 Å². The number of amides is 1. The van der Waals surface area contributed by atoms with Crippen LogP contribution in [0.2, 0.25) is 0 Å². The van der Waals surface area contributed by atoms with Gasteiger partial charge in [-0.2, -0.15) is 5.10 Å². The average Bonchev–Trinajstić information content (AvgIpc) is 2.66. The Labute approximate surface area is 165 Å². The second kappa shape index (κ2) is 9.27. The number of benzene rings is 2. The molecule has 0 bridgehead atoms. The number of carbonyl (C=O) groups excluding carboxylic acids is 1. The molecule has 0 fully saturated rings. The van der Waals surface area contributed by atoms with E-state index in [1.54, 1.807) is 38.5 Å². The second-order valence-corrected chi connectivity index (χ2v) is 6.20. The van der Waals surface area contributed by atoms with Gasteiger partial charge in [0.1, 0.15) is 11.5 Å². The van der Waals surface area contributed by atoms with Crippen LogP contribution in [0.1, 0.15) is 15.9 Å². The molecule has 0 saturated heterocycles. The molecule has 0 heterocycles. The summed E-state index contributed by atoms with van der Waals surface area (Å²) in [5.41, 5.74) is 3.62. The molecule has 2 aromatic rings. The van der Waals surface area contributed by atoms with Gasteiger partial charge in [0, 0.05) is 11.6 Å². The minimum absolute atomic E-state index is 0.375. The first-order chi connectivity index (χ1) is 12.5. The predicted molar refractivity (Wildman–Crippen MR) is 107 cm³/mol. The molecule has 0 radical (unpaired) electrons. The highest BCUT2D eigenvalue weighted by Crippen LogP contribution is 2.33. The fraction of sp³-hybridized carbons (Fsp3) is 0.222. The average molecular weight is 470 g/mol. The van der Waals surface area contributed by atoms with Crippen molar-refractivity contribution in [2.24, 2.45) is 5.10 Å². The molecule has 0 aliphatic carbocycles. The molecule has 1 N–H and O–H groups in total. The molecule has 0 aromatic heterocycles. The summed E-state index contributed by atoms with van der Waals surface area (Å²) >= 11 is 2.14. The van der Waals surface area contributed by atoms with Gasteiger partial charge in [-0.3, -0.25) is 4.79 Å². The Kier molecular flexibility index (Phi) is 7.07. The van der Waals surface area contributed by atoms with Gasteiger partial charge in [-0.1, -0.05) is 0 Å². The standard InChI is InChI=1S/C18H19IN2O5/c1-23-13-7-12(8-14(9-13)24-2)18(22)21-20-10-11-5-15(19)17(26-4)16(6-11)25-3/h5-10H,1-4H3,(H,21,22). The van der Waals surface area contributed by atoms with Crippen LogP contribution in [0.25, 0.3) is 0 Å². The Morgan fingerprint density at radius 1 is 0.962 bits per heavy atom. The monoisotopic (exact) mass is 470 g/mol. The maximum absolute atomic E-state index is 12.3. The zero-order valence-electron chi connectivity index (χ0n) is 14.8. The van der Waals surface area contributed by atoms with E-state index in [0.29, 0.717) is 28.6 Å². The van der Waals surface area contributed by atoms with Crippen LogP contribution in [-0.4, -0.2) is 40.6 Å². The summed E-state index contributed by atoms with van der Waals surface area (Å²) < 4.78 is 21.8. The van der Waals surface area contributed by atoms with Gasteiger partial charge in [0.05, 0.1) is 38.2 Å². The fourth-order valence-corrected chi connectivity index (χ4v) is 3.03. The van der Waals surface area contributed by atoms with E-state index in [9.17, 15) is 4.79 Å². The van der Waals surface area contributed by atoms with Gasteiger partial charge >= 0.3 is 0 Å². The minimum atomic E-state index is -0.381. The van der Waals surface area contributed by atoms with Crippen molar-refractivity contribution in [1.82, 2.24) is 5.43 Å². The van der Waals surface area contributed by atoms with E-state index in [0.717, 1.165) is 9.13 Å². The zero-order chi connectivity index (χ0) is 19.1. The summed E-state index contributed by atoms with van der Waals surface area (Å²) in [6, 6.07) is 8.53. The van der Waals surface area contributed by atoms with E-state index >= 15 is 0 Å². The van der Waals surface area contributed by atoms with Gasteiger partial charge in [-0.25, -0.2) is 5.43 Å². The maximum atomic E-state index is 12.3. The number of hydrazone groups is 1. The lowest BCUT2D eigenvalue weighted by atomic mass is 10.2. The molecule has 0 spiro atoms. The molecule has 2 aromatic carbocycles. The third-order valence-corrected chi connectivity index (χ3v) is 4.25. The SMILES string of the molecule is COc1cc(OC)cc(C(=O)NN=Cc2cc(I)c(OC)c(OC)c2)c1. The molecule has 0 unspecified atom stereocenters. The van der Waals surface area contributed by atoms with Crippen molar-refractivity contribution in [2.45, 2.75) is 0 Å². The number of nitrogens with zero attached hydrogens (tertiary/aromatic N) is 1. The summed E-state index contributed by atoms with van der Waals surface area (Å²) in [5, 5.41) is 4.00. The van der Waals surface area contributed by atoms with E-state index in [1.165, 1.54) is 20.4 Å². The van der Waals surface area contributed by atoms with Crippen molar-refractivity contribution < 1.29 is 23.7 Å². The lowest BCUT2D eigenvalue weighted by Gasteiger charge is -2.10. The summed E-state index contributed by atoms with van der Waals surface area (Å²) in [6.07, 6.45) is 1.53. The van der Waals surface area contributed by atoms with Crippen LogP contribution in [0.15, 0.2) is 35.4 Å². The largest absolute Gasteiger partial charge is 0.497 e. The van der Waals surface area contributed by atoms with E-state index < -0.39 is 0 Å². The van der Waals surface area contributed by atoms with Crippen molar-refractivity contribution in [3.63, 3.8) is 0 Å². The highest BCUT2D eigenvalue weighted by atomic mass is 127. The van der Waals surface area contributed by atoms with Crippen LogP contribution in [-0.2, 0) is 0 Å². The molecular formula is C18H19IN2O5. The number of hydrogen-bond acceptors (Lipinski definition) is 6. The molecule has 2 rings (SSSR count). The highest BCUT2D eigenvalue weighted by molar-refractivity contribution is 14.1. The van der Waals surface area contributed by atoms with Crippen LogP contribution in [0, 0.1) is 3.57 Å². The number of methoxy groups -OCH3 is 4. The number of hydrogen-bond donors (Lipinski definition) is 1. The summed E-state index contributed by atoms with van der Waals surface area (Å²) in [5.74, 6) is 1.90. The summed E-state index contributed by atoms with van der Waals surface area (Å²) in [7, 11) is 6.18. The first-order valence-corrected chi connectivity index (χ1v) is 8.58. The highest BCUT2D eigenvalue weighted by Gasteiger charge is 2.11. The third kappa shape index (κ3) is 4.78. The number of nitrogens with one attached hydrogen (secondary N) is 1. The molecule has 7 nitrogen and oxygen atoms in total. The van der Waals surface area contributed by atoms with Crippen LogP contribution in [0.5, 0.6) is 23.0 Å². The normalized spacial score (nSPS) is 10.5.